The highest BCUT2D eigenvalue weighted by molar-refractivity contribution is 9.10. The molecule has 0 heterocycles. The molecule has 0 spiro atoms. The van der Waals surface area contributed by atoms with E-state index in [0.717, 1.165) is 15.9 Å². The molecule has 20 heavy (non-hydrogen) atoms. The minimum atomic E-state index is 0.0851. The number of benzene rings is 2. The Balaban J connectivity index is 2.39. The summed E-state index contributed by atoms with van der Waals surface area (Å²) in [5.74, 6) is 0.848. The summed E-state index contributed by atoms with van der Waals surface area (Å²) in [6.07, 6.45) is 0. The van der Waals surface area contributed by atoms with Crippen molar-refractivity contribution in [3.63, 3.8) is 0 Å². The van der Waals surface area contributed by atoms with Crippen molar-refractivity contribution >= 4 is 21.6 Å². The number of halogens is 1. The highest BCUT2D eigenvalue weighted by Crippen LogP contribution is 2.34. The molecule has 0 aromatic heterocycles. The molecule has 0 aliphatic carbocycles. The fourth-order valence-electron chi connectivity index (χ4n) is 2.33. The summed E-state index contributed by atoms with van der Waals surface area (Å²) in [5, 5.41) is 0. The predicted octanol–water partition coefficient (Wildman–Crippen LogP) is 3.59. The smallest absolute Gasteiger partial charge is 0.142 e. The minimum Gasteiger partial charge on any atom is -0.495 e. The topological polar surface area (TPSA) is 38.5 Å². The van der Waals surface area contributed by atoms with Gasteiger partial charge in [0.2, 0.25) is 0 Å². The van der Waals surface area contributed by atoms with E-state index in [-0.39, 0.29) is 6.04 Å². The van der Waals surface area contributed by atoms with E-state index in [9.17, 15) is 0 Å². The zero-order valence-electron chi connectivity index (χ0n) is 11.7. The molecule has 0 saturated heterocycles. The van der Waals surface area contributed by atoms with E-state index in [1.165, 1.54) is 5.56 Å². The number of anilines is 1. The fourth-order valence-corrected chi connectivity index (χ4v) is 2.88. The number of para-hydroxylation sites is 2. The average molecular weight is 335 g/mol. The van der Waals surface area contributed by atoms with E-state index in [1.807, 2.05) is 49.5 Å². The number of ether oxygens (including phenoxy) is 1. The maximum absolute atomic E-state index is 6.00. The van der Waals surface area contributed by atoms with Crippen LogP contribution in [0.5, 0.6) is 5.75 Å². The van der Waals surface area contributed by atoms with Gasteiger partial charge in [0.05, 0.1) is 18.8 Å². The molecule has 1 atom stereocenters. The molecule has 0 aliphatic heterocycles. The Labute approximate surface area is 128 Å². The van der Waals surface area contributed by atoms with Gasteiger partial charge >= 0.3 is 0 Å². The molecule has 2 aromatic rings. The molecule has 2 aromatic carbocycles. The number of nitrogens with two attached hydrogens (primary N) is 1. The van der Waals surface area contributed by atoms with Crippen LogP contribution in [0.4, 0.5) is 5.69 Å². The number of nitrogens with zero attached hydrogens (tertiary/aromatic N) is 1. The quantitative estimate of drug-likeness (QED) is 0.907. The molecule has 2 rings (SSSR count). The van der Waals surface area contributed by atoms with E-state index in [2.05, 4.69) is 26.9 Å². The molecular weight excluding hydrogens is 316 g/mol. The first-order valence-electron chi connectivity index (χ1n) is 6.49. The van der Waals surface area contributed by atoms with E-state index in [4.69, 9.17) is 10.5 Å². The molecule has 4 heteroatoms. The van der Waals surface area contributed by atoms with E-state index in [1.54, 1.807) is 7.11 Å². The van der Waals surface area contributed by atoms with Gasteiger partial charge in [-0.2, -0.15) is 0 Å². The second-order valence-corrected chi connectivity index (χ2v) is 5.41. The molecule has 2 N–H and O–H groups in total. The lowest BCUT2D eigenvalue weighted by Gasteiger charge is -2.31. The van der Waals surface area contributed by atoms with Crippen molar-refractivity contribution in [2.75, 3.05) is 25.6 Å². The van der Waals surface area contributed by atoms with Crippen LogP contribution in [-0.2, 0) is 0 Å². The zero-order chi connectivity index (χ0) is 14.5. The summed E-state index contributed by atoms with van der Waals surface area (Å²) in [4.78, 5) is 2.15. The van der Waals surface area contributed by atoms with Crippen molar-refractivity contribution in [2.45, 2.75) is 6.04 Å². The third-order valence-electron chi connectivity index (χ3n) is 3.42. The van der Waals surface area contributed by atoms with E-state index in [0.29, 0.717) is 6.54 Å². The van der Waals surface area contributed by atoms with Crippen LogP contribution in [0.15, 0.2) is 53.0 Å². The monoisotopic (exact) mass is 334 g/mol. The van der Waals surface area contributed by atoms with Crippen LogP contribution < -0.4 is 15.4 Å². The molecule has 106 valence electrons. The van der Waals surface area contributed by atoms with Gasteiger partial charge in [0.15, 0.2) is 0 Å². The van der Waals surface area contributed by atoms with Gasteiger partial charge in [-0.3, -0.25) is 0 Å². The Kier molecular flexibility index (Phi) is 5.04. The van der Waals surface area contributed by atoms with Gasteiger partial charge in [0, 0.05) is 18.1 Å². The molecule has 0 aliphatic rings. The molecular formula is C16H19BrN2O. The van der Waals surface area contributed by atoms with Crippen molar-refractivity contribution in [1.29, 1.82) is 0 Å². The molecule has 0 amide bonds. The normalized spacial score (nSPS) is 12.0. The van der Waals surface area contributed by atoms with E-state index < -0.39 is 0 Å². The maximum atomic E-state index is 6.00. The van der Waals surface area contributed by atoms with Gasteiger partial charge in [-0.05, 0) is 23.8 Å². The van der Waals surface area contributed by atoms with Crippen molar-refractivity contribution in [3.8, 4) is 5.75 Å². The fraction of sp³-hybridized carbons (Fsp3) is 0.250. The predicted molar refractivity (Wildman–Crippen MR) is 87.3 cm³/mol. The van der Waals surface area contributed by atoms with Crippen molar-refractivity contribution in [2.24, 2.45) is 5.73 Å². The number of methoxy groups -OCH3 is 1. The van der Waals surface area contributed by atoms with Crippen LogP contribution >= 0.6 is 15.9 Å². The maximum Gasteiger partial charge on any atom is 0.142 e. The number of hydrogen-bond donors (Lipinski definition) is 1. The van der Waals surface area contributed by atoms with Crippen molar-refractivity contribution in [3.05, 3.63) is 58.6 Å². The van der Waals surface area contributed by atoms with Crippen LogP contribution in [-0.4, -0.2) is 20.7 Å². The standard InChI is InChI=1S/C16H19BrN2O/c1-19(14-9-5-6-10-16(14)20-2)15(11-18)12-7-3-4-8-13(12)17/h3-10,15H,11,18H2,1-2H3. The van der Waals surface area contributed by atoms with Crippen molar-refractivity contribution in [1.82, 2.24) is 0 Å². The first-order chi connectivity index (χ1) is 9.69. The largest absolute Gasteiger partial charge is 0.495 e. The SMILES string of the molecule is COc1ccccc1N(C)C(CN)c1ccccc1Br. The van der Waals surface area contributed by atoms with Crippen LogP contribution in [0.2, 0.25) is 0 Å². The summed E-state index contributed by atoms with van der Waals surface area (Å²) >= 11 is 3.60. The van der Waals surface area contributed by atoms with Gasteiger partial charge < -0.3 is 15.4 Å². The molecule has 0 bridgehead atoms. The third-order valence-corrected chi connectivity index (χ3v) is 4.14. The number of rotatable bonds is 5. The Morgan fingerprint density at radius 1 is 1.15 bits per heavy atom. The average Bonchev–Trinajstić information content (AvgIpc) is 2.49. The second kappa shape index (κ2) is 6.77. The number of hydrogen-bond acceptors (Lipinski definition) is 3. The number of likely N-dealkylation sites (N-methyl/N-ethyl adjacent to an activating group) is 1. The van der Waals surface area contributed by atoms with Crippen LogP contribution in [0, 0.1) is 0 Å². The third kappa shape index (κ3) is 2.97. The summed E-state index contributed by atoms with van der Waals surface area (Å²) in [7, 11) is 3.72. The highest BCUT2D eigenvalue weighted by atomic mass is 79.9. The zero-order valence-corrected chi connectivity index (χ0v) is 13.3. The first kappa shape index (κ1) is 14.9. The van der Waals surface area contributed by atoms with Crippen LogP contribution in [0.25, 0.3) is 0 Å². The summed E-state index contributed by atoms with van der Waals surface area (Å²) < 4.78 is 6.50. The van der Waals surface area contributed by atoms with Gasteiger partial charge in [-0.15, -0.1) is 0 Å². The minimum absolute atomic E-state index is 0.0851. The first-order valence-corrected chi connectivity index (χ1v) is 7.28. The van der Waals surface area contributed by atoms with Gasteiger partial charge in [-0.1, -0.05) is 46.3 Å². The second-order valence-electron chi connectivity index (χ2n) is 4.56. The molecule has 1 unspecified atom stereocenters. The lowest BCUT2D eigenvalue weighted by Crippen LogP contribution is -2.31. The molecule has 0 fully saturated rings. The molecule has 0 saturated carbocycles. The summed E-state index contributed by atoms with van der Waals surface area (Å²) in [5.41, 5.74) is 8.20. The lowest BCUT2D eigenvalue weighted by atomic mass is 10.0. The molecule has 0 radical (unpaired) electrons. The Bertz CT molecular complexity index is 574. The van der Waals surface area contributed by atoms with Crippen LogP contribution in [0.3, 0.4) is 0 Å². The Hall–Kier alpha value is -1.52. The summed E-state index contributed by atoms with van der Waals surface area (Å²) in [6.45, 7) is 0.525. The summed E-state index contributed by atoms with van der Waals surface area (Å²) in [6, 6.07) is 16.2. The molecule has 3 nitrogen and oxygen atoms in total. The van der Waals surface area contributed by atoms with Crippen molar-refractivity contribution < 1.29 is 4.74 Å². The van der Waals surface area contributed by atoms with Crippen LogP contribution in [0.1, 0.15) is 11.6 Å². The van der Waals surface area contributed by atoms with Gasteiger partial charge in [-0.25, -0.2) is 0 Å². The highest BCUT2D eigenvalue weighted by Gasteiger charge is 2.20. The van der Waals surface area contributed by atoms with Gasteiger partial charge in [0.25, 0.3) is 0 Å². The van der Waals surface area contributed by atoms with Gasteiger partial charge in [0.1, 0.15) is 5.75 Å². The lowest BCUT2D eigenvalue weighted by molar-refractivity contribution is 0.413. The van der Waals surface area contributed by atoms with E-state index >= 15 is 0 Å². The Morgan fingerprint density at radius 2 is 1.80 bits per heavy atom. The Morgan fingerprint density at radius 3 is 2.45 bits per heavy atom.